The van der Waals surface area contributed by atoms with Crippen molar-refractivity contribution in [3.8, 4) is 0 Å². The fraction of sp³-hybridized carbons (Fsp3) is 0.588. The van der Waals surface area contributed by atoms with Crippen molar-refractivity contribution in [2.75, 3.05) is 5.32 Å². The Morgan fingerprint density at radius 1 is 1.18 bits per heavy atom. The second-order valence-electron chi connectivity index (χ2n) is 6.55. The molecule has 0 amide bonds. The van der Waals surface area contributed by atoms with E-state index in [0.29, 0.717) is 17.8 Å². The van der Waals surface area contributed by atoms with Crippen LogP contribution in [0.25, 0.3) is 0 Å². The molecular weight excluding hydrogens is 274 g/mol. The fourth-order valence-electron chi connectivity index (χ4n) is 3.24. The van der Waals surface area contributed by atoms with E-state index in [4.69, 9.17) is 4.98 Å². The molecule has 1 aliphatic rings. The number of rotatable bonds is 5. The molecule has 5 nitrogen and oxygen atoms in total. The third kappa shape index (κ3) is 3.13. The molecule has 1 saturated carbocycles. The molecule has 2 aromatic rings. The lowest BCUT2D eigenvalue weighted by Crippen LogP contribution is -2.22. The van der Waals surface area contributed by atoms with E-state index in [0.717, 1.165) is 5.82 Å². The molecule has 2 aromatic heterocycles. The van der Waals surface area contributed by atoms with Crippen LogP contribution in [0.5, 0.6) is 0 Å². The monoisotopic (exact) mass is 299 g/mol. The number of imidazole rings is 1. The highest BCUT2D eigenvalue weighted by Crippen LogP contribution is 2.33. The predicted molar refractivity (Wildman–Crippen MR) is 87.7 cm³/mol. The van der Waals surface area contributed by atoms with E-state index >= 15 is 0 Å². The standard InChI is InChI=1S/C17H25N5/c1-12(2)15(16-18-10-11-22(16)3)21-17-19-9-8-14(20-17)13-6-4-5-7-13/h8-13,15H,4-7H2,1-3H3,(H,19,20,21)/t15-/m0/s1. The van der Waals surface area contributed by atoms with E-state index in [-0.39, 0.29) is 6.04 Å². The summed E-state index contributed by atoms with van der Waals surface area (Å²) in [6, 6.07) is 2.17. The van der Waals surface area contributed by atoms with Gasteiger partial charge in [0, 0.05) is 37.3 Å². The molecule has 0 aliphatic heterocycles. The van der Waals surface area contributed by atoms with Crippen molar-refractivity contribution in [3.63, 3.8) is 0 Å². The zero-order chi connectivity index (χ0) is 15.5. The van der Waals surface area contributed by atoms with Crippen molar-refractivity contribution in [3.05, 3.63) is 36.2 Å². The zero-order valence-electron chi connectivity index (χ0n) is 13.7. The van der Waals surface area contributed by atoms with Crippen molar-refractivity contribution >= 4 is 5.95 Å². The molecule has 0 aromatic carbocycles. The number of hydrogen-bond donors (Lipinski definition) is 1. The van der Waals surface area contributed by atoms with Gasteiger partial charge in [0.1, 0.15) is 5.82 Å². The molecule has 1 atom stereocenters. The first-order valence-corrected chi connectivity index (χ1v) is 8.22. The second kappa shape index (κ2) is 6.46. The Morgan fingerprint density at radius 3 is 2.59 bits per heavy atom. The lowest BCUT2D eigenvalue weighted by Gasteiger charge is -2.22. The number of nitrogens with one attached hydrogen (secondary N) is 1. The van der Waals surface area contributed by atoms with Crippen molar-refractivity contribution in [2.24, 2.45) is 13.0 Å². The summed E-state index contributed by atoms with van der Waals surface area (Å²) in [5.74, 6) is 2.74. The maximum atomic E-state index is 4.76. The van der Waals surface area contributed by atoms with E-state index in [1.807, 2.05) is 25.6 Å². The molecule has 1 aliphatic carbocycles. The van der Waals surface area contributed by atoms with Crippen LogP contribution in [0.15, 0.2) is 24.7 Å². The quantitative estimate of drug-likeness (QED) is 0.915. The van der Waals surface area contributed by atoms with Gasteiger partial charge in [-0.15, -0.1) is 0 Å². The van der Waals surface area contributed by atoms with E-state index in [1.165, 1.54) is 31.4 Å². The third-order valence-electron chi connectivity index (χ3n) is 4.54. The lowest BCUT2D eigenvalue weighted by molar-refractivity contribution is 0.504. The molecule has 5 heteroatoms. The van der Waals surface area contributed by atoms with Gasteiger partial charge < -0.3 is 9.88 Å². The Balaban J connectivity index is 1.81. The van der Waals surface area contributed by atoms with Crippen LogP contribution < -0.4 is 5.32 Å². The summed E-state index contributed by atoms with van der Waals surface area (Å²) in [7, 11) is 2.02. The van der Waals surface area contributed by atoms with Gasteiger partial charge in [-0.3, -0.25) is 0 Å². The molecule has 118 valence electrons. The lowest BCUT2D eigenvalue weighted by atomic mass is 10.0. The van der Waals surface area contributed by atoms with E-state index < -0.39 is 0 Å². The molecule has 2 heterocycles. The maximum Gasteiger partial charge on any atom is 0.223 e. The first-order valence-electron chi connectivity index (χ1n) is 8.22. The number of anilines is 1. The van der Waals surface area contributed by atoms with Crippen LogP contribution in [0.2, 0.25) is 0 Å². The van der Waals surface area contributed by atoms with Crippen molar-refractivity contribution in [1.29, 1.82) is 0 Å². The highest BCUT2D eigenvalue weighted by Gasteiger charge is 2.22. The molecule has 22 heavy (non-hydrogen) atoms. The van der Waals surface area contributed by atoms with Gasteiger partial charge in [0.15, 0.2) is 0 Å². The molecule has 1 N–H and O–H groups in total. The first-order chi connectivity index (χ1) is 10.6. The average molecular weight is 299 g/mol. The number of nitrogens with zero attached hydrogens (tertiary/aromatic N) is 4. The average Bonchev–Trinajstić information content (AvgIpc) is 3.16. The van der Waals surface area contributed by atoms with Crippen molar-refractivity contribution < 1.29 is 0 Å². The van der Waals surface area contributed by atoms with E-state index in [1.54, 1.807) is 0 Å². The van der Waals surface area contributed by atoms with Gasteiger partial charge in [0.05, 0.1) is 6.04 Å². The van der Waals surface area contributed by atoms with Crippen LogP contribution in [0, 0.1) is 5.92 Å². The summed E-state index contributed by atoms with van der Waals surface area (Å²) in [6.07, 6.45) is 10.8. The van der Waals surface area contributed by atoms with Gasteiger partial charge in [-0.05, 0) is 24.8 Å². The zero-order valence-corrected chi connectivity index (χ0v) is 13.7. The van der Waals surface area contributed by atoms with Crippen molar-refractivity contribution in [2.45, 2.75) is 51.5 Å². The summed E-state index contributed by atoms with van der Waals surface area (Å²) >= 11 is 0. The van der Waals surface area contributed by atoms with Gasteiger partial charge >= 0.3 is 0 Å². The first kappa shape index (κ1) is 15.0. The second-order valence-corrected chi connectivity index (χ2v) is 6.55. The molecule has 0 radical (unpaired) electrons. The maximum absolute atomic E-state index is 4.76. The normalized spacial score (nSPS) is 17.1. The van der Waals surface area contributed by atoms with Crippen LogP contribution in [-0.2, 0) is 7.05 Å². The minimum atomic E-state index is 0.110. The van der Waals surface area contributed by atoms with Crippen LogP contribution in [0.3, 0.4) is 0 Å². The minimum absolute atomic E-state index is 0.110. The smallest absolute Gasteiger partial charge is 0.223 e. The molecule has 0 unspecified atom stereocenters. The Hall–Kier alpha value is -1.91. The highest BCUT2D eigenvalue weighted by molar-refractivity contribution is 5.30. The molecule has 0 spiro atoms. The SMILES string of the molecule is CC(C)[C@H](Nc1nccc(C2CCCC2)n1)c1nccn1C. The van der Waals surface area contributed by atoms with Gasteiger partial charge in [0.25, 0.3) is 0 Å². The third-order valence-corrected chi connectivity index (χ3v) is 4.54. The van der Waals surface area contributed by atoms with Gasteiger partial charge in [0.2, 0.25) is 5.95 Å². The number of aryl methyl sites for hydroxylation is 1. The van der Waals surface area contributed by atoms with E-state index in [2.05, 4.69) is 39.8 Å². The Kier molecular flexibility index (Phi) is 4.41. The summed E-state index contributed by atoms with van der Waals surface area (Å²) in [4.78, 5) is 13.6. The van der Waals surface area contributed by atoms with Crippen LogP contribution in [0.1, 0.15) is 63.0 Å². The van der Waals surface area contributed by atoms with Crippen molar-refractivity contribution in [1.82, 2.24) is 19.5 Å². The van der Waals surface area contributed by atoms with Crippen LogP contribution in [0.4, 0.5) is 5.95 Å². The van der Waals surface area contributed by atoms with Gasteiger partial charge in [-0.1, -0.05) is 26.7 Å². The Labute approximate surface area is 132 Å². The van der Waals surface area contributed by atoms with E-state index in [9.17, 15) is 0 Å². The summed E-state index contributed by atoms with van der Waals surface area (Å²) in [5, 5.41) is 3.48. The summed E-state index contributed by atoms with van der Waals surface area (Å²) < 4.78 is 2.05. The molecule has 0 bridgehead atoms. The highest BCUT2D eigenvalue weighted by atomic mass is 15.2. The van der Waals surface area contributed by atoms with Crippen LogP contribution in [-0.4, -0.2) is 19.5 Å². The summed E-state index contributed by atoms with van der Waals surface area (Å²) in [5.41, 5.74) is 1.18. The Morgan fingerprint density at radius 2 is 1.95 bits per heavy atom. The molecule has 1 fully saturated rings. The molecule has 0 saturated heterocycles. The topological polar surface area (TPSA) is 55.6 Å². The Bertz CT molecular complexity index is 613. The molecular formula is C17H25N5. The largest absolute Gasteiger partial charge is 0.344 e. The van der Waals surface area contributed by atoms with Gasteiger partial charge in [-0.25, -0.2) is 15.0 Å². The fourth-order valence-corrected chi connectivity index (χ4v) is 3.24. The minimum Gasteiger partial charge on any atom is -0.344 e. The predicted octanol–water partition coefficient (Wildman–Crippen LogP) is 3.68. The number of aromatic nitrogens is 4. The number of hydrogen-bond acceptors (Lipinski definition) is 4. The summed E-state index contributed by atoms with van der Waals surface area (Å²) in [6.45, 7) is 4.38. The van der Waals surface area contributed by atoms with Crippen LogP contribution >= 0.6 is 0 Å². The van der Waals surface area contributed by atoms with Gasteiger partial charge in [-0.2, -0.15) is 0 Å². The molecule has 3 rings (SSSR count).